The van der Waals surface area contributed by atoms with Crippen LogP contribution >= 0.6 is 0 Å². The summed E-state index contributed by atoms with van der Waals surface area (Å²) < 4.78 is 0. The number of non-ortho nitro benzene ring substituents is 1. The summed E-state index contributed by atoms with van der Waals surface area (Å²) in [5, 5.41) is 14.1. The third-order valence-corrected chi connectivity index (χ3v) is 3.44. The van der Waals surface area contributed by atoms with Crippen molar-refractivity contribution in [3.8, 4) is 0 Å². The molecule has 0 heterocycles. The van der Waals surface area contributed by atoms with E-state index in [4.69, 9.17) is 0 Å². The number of nitro groups is 1. The second-order valence-corrected chi connectivity index (χ2v) is 4.91. The monoisotopic (exact) mass is 234 g/mol. The summed E-state index contributed by atoms with van der Waals surface area (Å²) >= 11 is 0. The number of nitrogens with zero attached hydrogens (tertiary/aromatic N) is 1. The number of benzene rings is 1. The highest BCUT2D eigenvalue weighted by Gasteiger charge is 2.18. The van der Waals surface area contributed by atoms with Crippen molar-refractivity contribution < 1.29 is 4.92 Å². The molecule has 1 aromatic carbocycles. The minimum Gasteiger partial charge on any atom is -0.382 e. The Morgan fingerprint density at radius 1 is 1.29 bits per heavy atom. The van der Waals surface area contributed by atoms with E-state index in [9.17, 15) is 10.1 Å². The van der Waals surface area contributed by atoms with Crippen molar-refractivity contribution in [1.29, 1.82) is 0 Å². The number of hydrogen-bond donors (Lipinski definition) is 1. The zero-order valence-corrected chi connectivity index (χ0v) is 10.1. The van der Waals surface area contributed by atoms with Gasteiger partial charge in [-0.3, -0.25) is 10.1 Å². The zero-order valence-electron chi connectivity index (χ0n) is 10.1. The van der Waals surface area contributed by atoms with Crippen LogP contribution in [-0.2, 0) is 0 Å². The first-order chi connectivity index (χ1) is 8.15. The molecule has 0 aliphatic heterocycles. The Bertz CT molecular complexity index is 398. The van der Waals surface area contributed by atoms with Gasteiger partial charge in [0.05, 0.1) is 4.92 Å². The van der Waals surface area contributed by atoms with E-state index in [0.717, 1.165) is 24.4 Å². The molecule has 2 rings (SSSR count). The summed E-state index contributed by atoms with van der Waals surface area (Å²) in [6.07, 6.45) is 4.80. The molecular formula is C13H18N2O2. The Morgan fingerprint density at radius 3 is 2.65 bits per heavy atom. The molecule has 0 radical (unpaired) electrons. The van der Waals surface area contributed by atoms with Gasteiger partial charge < -0.3 is 5.32 Å². The number of nitro benzene ring substituents is 1. The fourth-order valence-corrected chi connectivity index (χ4v) is 2.35. The molecule has 1 saturated carbocycles. The van der Waals surface area contributed by atoms with E-state index in [1.54, 1.807) is 12.1 Å². The van der Waals surface area contributed by atoms with Gasteiger partial charge in [0.1, 0.15) is 0 Å². The summed E-state index contributed by atoms with van der Waals surface area (Å²) in [6, 6.07) is 7.22. The third-order valence-electron chi connectivity index (χ3n) is 3.44. The van der Waals surface area contributed by atoms with Crippen LogP contribution in [0.15, 0.2) is 24.3 Å². The first-order valence-corrected chi connectivity index (χ1v) is 6.16. The molecule has 0 unspecified atom stereocenters. The van der Waals surface area contributed by atoms with Gasteiger partial charge in [-0.25, -0.2) is 0 Å². The standard InChI is InChI=1S/C13H18N2O2/c1-10-5-7-11(8-6-10)14-12-3-2-4-13(9-12)15(16)17/h2-4,9-11,14H,5-8H2,1H3. The van der Waals surface area contributed by atoms with Gasteiger partial charge in [0, 0.05) is 23.9 Å². The Hall–Kier alpha value is -1.58. The maximum atomic E-state index is 10.7. The summed E-state index contributed by atoms with van der Waals surface area (Å²) in [6.45, 7) is 2.28. The SMILES string of the molecule is CC1CCC(Nc2cccc([N+](=O)[O-])c2)CC1. The van der Waals surface area contributed by atoms with Crippen LogP contribution in [0.3, 0.4) is 0 Å². The van der Waals surface area contributed by atoms with E-state index in [1.807, 2.05) is 6.07 Å². The highest BCUT2D eigenvalue weighted by Crippen LogP contribution is 2.27. The van der Waals surface area contributed by atoms with E-state index in [2.05, 4.69) is 12.2 Å². The molecule has 1 fully saturated rings. The van der Waals surface area contributed by atoms with Crippen molar-refractivity contribution in [2.75, 3.05) is 5.32 Å². The molecule has 1 N–H and O–H groups in total. The highest BCUT2D eigenvalue weighted by molar-refractivity contribution is 5.51. The first kappa shape index (κ1) is 11.9. The smallest absolute Gasteiger partial charge is 0.271 e. The summed E-state index contributed by atoms with van der Waals surface area (Å²) in [5.41, 5.74) is 1.01. The second-order valence-electron chi connectivity index (χ2n) is 4.91. The lowest BCUT2D eigenvalue weighted by Gasteiger charge is -2.27. The molecule has 17 heavy (non-hydrogen) atoms. The summed E-state index contributed by atoms with van der Waals surface area (Å²) in [4.78, 5) is 10.3. The number of hydrogen-bond acceptors (Lipinski definition) is 3. The van der Waals surface area contributed by atoms with Gasteiger partial charge in [-0.15, -0.1) is 0 Å². The lowest BCUT2D eigenvalue weighted by atomic mass is 9.87. The lowest BCUT2D eigenvalue weighted by molar-refractivity contribution is -0.384. The molecule has 0 amide bonds. The van der Waals surface area contributed by atoms with Crippen molar-refractivity contribution in [1.82, 2.24) is 0 Å². The maximum absolute atomic E-state index is 10.7. The van der Waals surface area contributed by atoms with E-state index < -0.39 is 0 Å². The van der Waals surface area contributed by atoms with Crippen molar-refractivity contribution in [2.45, 2.75) is 38.6 Å². The van der Waals surface area contributed by atoms with Crippen LogP contribution in [0.1, 0.15) is 32.6 Å². The molecule has 0 spiro atoms. The van der Waals surface area contributed by atoms with Gasteiger partial charge >= 0.3 is 0 Å². The number of anilines is 1. The molecule has 4 nitrogen and oxygen atoms in total. The van der Waals surface area contributed by atoms with Gasteiger partial charge in [-0.2, -0.15) is 0 Å². The quantitative estimate of drug-likeness (QED) is 0.642. The molecular weight excluding hydrogens is 216 g/mol. The lowest BCUT2D eigenvalue weighted by Crippen LogP contribution is -2.25. The first-order valence-electron chi connectivity index (χ1n) is 6.16. The summed E-state index contributed by atoms with van der Waals surface area (Å²) in [7, 11) is 0. The maximum Gasteiger partial charge on any atom is 0.271 e. The summed E-state index contributed by atoms with van der Waals surface area (Å²) in [5.74, 6) is 0.818. The van der Waals surface area contributed by atoms with E-state index in [-0.39, 0.29) is 10.6 Å². The fourth-order valence-electron chi connectivity index (χ4n) is 2.35. The van der Waals surface area contributed by atoms with Crippen LogP contribution in [0.2, 0.25) is 0 Å². The predicted molar refractivity (Wildman–Crippen MR) is 68.1 cm³/mol. The van der Waals surface area contributed by atoms with Crippen molar-refractivity contribution in [3.63, 3.8) is 0 Å². The van der Waals surface area contributed by atoms with Gasteiger partial charge in [-0.1, -0.05) is 13.0 Å². The van der Waals surface area contributed by atoms with Crippen LogP contribution in [0, 0.1) is 16.0 Å². The highest BCUT2D eigenvalue weighted by atomic mass is 16.6. The van der Waals surface area contributed by atoms with Crippen molar-refractivity contribution in [3.05, 3.63) is 34.4 Å². The Balaban J connectivity index is 1.98. The van der Waals surface area contributed by atoms with Gasteiger partial charge in [-0.05, 0) is 37.7 Å². The topological polar surface area (TPSA) is 55.2 Å². The van der Waals surface area contributed by atoms with Gasteiger partial charge in [0.15, 0.2) is 0 Å². The Morgan fingerprint density at radius 2 is 2.00 bits per heavy atom. The fraction of sp³-hybridized carbons (Fsp3) is 0.538. The molecule has 0 aromatic heterocycles. The van der Waals surface area contributed by atoms with Crippen LogP contribution in [-0.4, -0.2) is 11.0 Å². The minimum atomic E-state index is -0.353. The number of nitrogens with one attached hydrogen (secondary N) is 1. The molecule has 1 aromatic rings. The molecule has 0 saturated heterocycles. The van der Waals surface area contributed by atoms with E-state index in [1.165, 1.54) is 18.9 Å². The molecule has 0 atom stereocenters. The Kier molecular flexibility index (Phi) is 3.61. The minimum absolute atomic E-state index is 0.152. The van der Waals surface area contributed by atoms with Gasteiger partial charge in [0.2, 0.25) is 0 Å². The Labute approximate surface area is 101 Å². The second kappa shape index (κ2) is 5.17. The van der Waals surface area contributed by atoms with Crippen molar-refractivity contribution in [2.24, 2.45) is 5.92 Å². The van der Waals surface area contributed by atoms with Gasteiger partial charge in [0.25, 0.3) is 5.69 Å². The van der Waals surface area contributed by atoms with Crippen molar-refractivity contribution >= 4 is 11.4 Å². The van der Waals surface area contributed by atoms with E-state index >= 15 is 0 Å². The average molecular weight is 234 g/mol. The molecule has 1 aliphatic carbocycles. The van der Waals surface area contributed by atoms with Crippen LogP contribution in [0.25, 0.3) is 0 Å². The molecule has 92 valence electrons. The molecule has 1 aliphatic rings. The molecule has 4 heteroatoms. The predicted octanol–water partition coefficient (Wildman–Crippen LogP) is 3.59. The largest absolute Gasteiger partial charge is 0.382 e. The normalized spacial score (nSPS) is 24.3. The third kappa shape index (κ3) is 3.19. The van der Waals surface area contributed by atoms with Crippen LogP contribution in [0.4, 0.5) is 11.4 Å². The van der Waals surface area contributed by atoms with Crippen LogP contribution < -0.4 is 5.32 Å². The average Bonchev–Trinajstić information content (AvgIpc) is 2.32. The molecule has 0 bridgehead atoms. The number of rotatable bonds is 3. The van der Waals surface area contributed by atoms with E-state index in [0.29, 0.717) is 6.04 Å². The van der Waals surface area contributed by atoms with Crippen LogP contribution in [0.5, 0.6) is 0 Å². The zero-order chi connectivity index (χ0) is 12.3.